The normalized spacial score (nSPS) is 18.2. The first kappa shape index (κ1) is 23.1. The van der Waals surface area contributed by atoms with Crippen LogP contribution in [0.25, 0.3) is 11.0 Å². The quantitative estimate of drug-likeness (QED) is 0.380. The molecule has 2 amide bonds. The Balaban J connectivity index is 1.72. The largest absolute Gasteiger partial charge is 0.462 e. The second-order valence-electron chi connectivity index (χ2n) is 9.00. The highest BCUT2D eigenvalue weighted by molar-refractivity contribution is 7.17. The predicted octanol–water partition coefficient (Wildman–Crippen LogP) is 3.92. The van der Waals surface area contributed by atoms with Gasteiger partial charge in [0.2, 0.25) is 5.76 Å². The molecular formula is C27H21N3O6S. The van der Waals surface area contributed by atoms with Crippen molar-refractivity contribution in [3.63, 3.8) is 0 Å². The molecule has 0 fully saturated rings. The van der Waals surface area contributed by atoms with E-state index in [0.29, 0.717) is 16.9 Å². The van der Waals surface area contributed by atoms with Crippen LogP contribution in [0.5, 0.6) is 0 Å². The van der Waals surface area contributed by atoms with Crippen LogP contribution in [-0.2, 0) is 15.1 Å². The van der Waals surface area contributed by atoms with Crippen LogP contribution >= 0.6 is 11.3 Å². The Labute approximate surface area is 214 Å². The summed E-state index contributed by atoms with van der Waals surface area (Å²) >= 11 is 0.935. The Morgan fingerprint density at radius 3 is 2.65 bits per heavy atom. The molecule has 0 saturated carbocycles. The Morgan fingerprint density at radius 2 is 1.89 bits per heavy atom. The van der Waals surface area contributed by atoms with E-state index in [1.807, 2.05) is 6.92 Å². The third-order valence-corrected chi connectivity index (χ3v) is 7.97. The molecular weight excluding hydrogens is 494 g/mol. The van der Waals surface area contributed by atoms with Crippen LogP contribution in [0.4, 0.5) is 10.8 Å². The zero-order valence-corrected chi connectivity index (χ0v) is 21.3. The van der Waals surface area contributed by atoms with Gasteiger partial charge in [0.25, 0.3) is 11.8 Å². The molecule has 2 aliphatic rings. The fourth-order valence-electron chi connectivity index (χ4n) is 5.25. The molecule has 0 aliphatic carbocycles. The number of benzene rings is 2. The van der Waals surface area contributed by atoms with Crippen molar-refractivity contribution in [2.75, 3.05) is 23.5 Å². The molecule has 1 unspecified atom stereocenters. The van der Waals surface area contributed by atoms with E-state index in [0.717, 1.165) is 16.9 Å². The van der Waals surface area contributed by atoms with Crippen LogP contribution in [0.3, 0.4) is 0 Å². The number of ether oxygens (including phenoxy) is 1. The van der Waals surface area contributed by atoms with E-state index in [2.05, 4.69) is 4.98 Å². The van der Waals surface area contributed by atoms with Gasteiger partial charge in [-0.2, -0.15) is 0 Å². The maximum atomic E-state index is 14.2. The van der Waals surface area contributed by atoms with Crippen molar-refractivity contribution in [1.82, 2.24) is 4.98 Å². The van der Waals surface area contributed by atoms with Gasteiger partial charge in [0.05, 0.1) is 23.3 Å². The van der Waals surface area contributed by atoms with E-state index in [9.17, 15) is 19.2 Å². The van der Waals surface area contributed by atoms with E-state index in [1.165, 1.54) is 9.80 Å². The number of carbonyl (C=O) groups excluding carboxylic acids is 3. The lowest BCUT2D eigenvalue weighted by atomic mass is 9.84. The van der Waals surface area contributed by atoms with Crippen molar-refractivity contribution in [3.8, 4) is 0 Å². The first-order chi connectivity index (χ1) is 17.7. The van der Waals surface area contributed by atoms with Gasteiger partial charge in [-0.15, -0.1) is 0 Å². The van der Waals surface area contributed by atoms with Crippen LogP contribution in [0.2, 0.25) is 0 Å². The number of para-hydroxylation sites is 1. The van der Waals surface area contributed by atoms with E-state index in [4.69, 9.17) is 9.15 Å². The van der Waals surface area contributed by atoms with Crippen LogP contribution in [-0.4, -0.2) is 36.4 Å². The Bertz CT molecular complexity index is 1740. The highest BCUT2D eigenvalue weighted by Crippen LogP contribution is 2.54. The number of hydrogen-bond acceptors (Lipinski definition) is 8. The molecule has 2 aromatic carbocycles. The van der Waals surface area contributed by atoms with E-state index in [-0.39, 0.29) is 38.9 Å². The van der Waals surface area contributed by atoms with Crippen LogP contribution in [0.15, 0.2) is 51.7 Å². The number of aryl methyl sites for hydroxylation is 2. The SMILES string of the molecule is CCOC(=O)c1sc(N2C(=O)c3oc4ccc(C)cc4c(=O)c3C23C(=O)N(C)c2ccccc23)nc1C. The Kier molecular flexibility index (Phi) is 4.90. The summed E-state index contributed by atoms with van der Waals surface area (Å²) in [6.45, 7) is 5.34. The average Bonchev–Trinajstić information content (AvgIpc) is 3.46. The smallest absolute Gasteiger partial charge is 0.350 e. The van der Waals surface area contributed by atoms with Gasteiger partial charge in [-0.3, -0.25) is 19.3 Å². The zero-order valence-electron chi connectivity index (χ0n) is 20.4. The summed E-state index contributed by atoms with van der Waals surface area (Å²) in [4.78, 5) is 62.3. The molecule has 0 radical (unpaired) electrons. The molecule has 2 aliphatic heterocycles. The molecule has 4 aromatic rings. The molecule has 37 heavy (non-hydrogen) atoms. The minimum atomic E-state index is -1.84. The van der Waals surface area contributed by atoms with Gasteiger partial charge in [0.1, 0.15) is 10.5 Å². The first-order valence-electron chi connectivity index (χ1n) is 11.7. The third-order valence-electron chi connectivity index (χ3n) is 6.85. The van der Waals surface area contributed by atoms with Crippen molar-refractivity contribution >= 4 is 50.9 Å². The topological polar surface area (TPSA) is 110 Å². The van der Waals surface area contributed by atoms with Crippen molar-refractivity contribution in [1.29, 1.82) is 0 Å². The monoisotopic (exact) mass is 515 g/mol. The van der Waals surface area contributed by atoms with Crippen molar-refractivity contribution in [2.45, 2.75) is 26.3 Å². The lowest BCUT2D eigenvalue weighted by molar-refractivity contribution is -0.121. The lowest BCUT2D eigenvalue weighted by Gasteiger charge is -2.31. The second kappa shape index (κ2) is 7.84. The number of nitrogens with zero attached hydrogens (tertiary/aromatic N) is 3. The number of thiazole rings is 1. The number of amides is 2. The molecule has 10 heteroatoms. The first-order valence-corrected chi connectivity index (χ1v) is 12.5. The standard InChI is InChI=1S/C27H21N3O6S/c1-5-35-24(33)22-14(3)28-26(37-22)30-23(32)21-19(20(31)15-12-13(2)10-11-18(15)36-21)27(30)16-8-6-7-9-17(16)29(4)25(27)34/h6-12H,5H2,1-4H3. The molecule has 2 aromatic heterocycles. The number of hydrogen-bond donors (Lipinski definition) is 0. The summed E-state index contributed by atoms with van der Waals surface area (Å²) in [5, 5.41) is 0.366. The minimum Gasteiger partial charge on any atom is -0.462 e. The van der Waals surface area contributed by atoms with Crippen LogP contribution in [0, 0.1) is 13.8 Å². The van der Waals surface area contributed by atoms with Crippen molar-refractivity contribution in [2.24, 2.45) is 0 Å². The maximum absolute atomic E-state index is 14.2. The van der Waals surface area contributed by atoms with Gasteiger partial charge >= 0.3 is 5.97 Å². The van der Waals surface area contributed by atoms with Crippen LogP contribution in [0.1, 0.15) is 49.5 Å². The Morgan fingerprint density at radius 1 is 1.14 bits per heavy atom. The number of anilines is 2. The number of fused-ring (bicyclic) bond motifs is 5. The van der Waals surface area contributed by atoms with E-state index >= 15 is 0 Å². The van der Waals surface area contributed by atoms with Gasteiger partial charge < -0.3 is 14.1 Å². The number of aromatic nitrogens is 1. The fraction of sp³-hybridized carbons (Fsp3) is 0.222. The van der Waals surface area contributed by atoms with Gasteiger partial charge in [-0.25, -0.2) is 9.78 Å². The second-order valence-corrected chi connectivity index (χ2v) is 9.98. The van der Waals surface area contributed by atoms with Crippen molar-refractivity contribution in [3.05, 3.63) is 85.7 Å². The molecule has 1 atom stereocenters. The summed E-state index contributed by atoms with van der Waals surface area (Å²) in [5.74, 6) is -1.97. The summed E-state index contributed by atoms with van der Waals surface area (Å²) < 4.78 is 11.2. The number of likely N-dealkylation sites (N-methyl/N-ethyl adjacent to an activating group) is 1. The Hall–Kier alpha value is -4.31. The van der Waals surface area contributed by atoms with Gasteiger partial charge in [-0.1, -0.05) is 41.2 Å². The number of esters is 1. The summed E-state index contributed by atoms with van der Waals surface area (Å²) in [7, 11) is 1.60. The number of rotatable bonds is 3. The molecule has 0 bridgehead atoms. The highest BCUT2D eigenvalue weighted by atomic mass is 32.1. The summed E-state index contributed by atoms with van der Waals surface area (Å²) in [6.07, 6.45) is 0. The zero-order chi connectivity index (χ0) is 26.2. The van der Waals surface area contributed by atoms with Gasteiger partial charge in [-0.05, 0) is 39.0 Å². The predicted molar refractivity (Wildman–Crippen MR) is 137 cm³/mol. The fourth-order valence-corrected chi connectivity index (χ4v) is 6.26. The minimum absolute atomic E-state index is 0.0528. The van der Waals surface area contributed by atoms with E-state index < -0.39 is 28.8 Å². The van der Waals surface area contributed by atoms with Crippen molar-refractivity contribution < 1.29 is 23.5 Å². The van der Waals surface area contributed by atoms with Gasteiger partial charge in [0, 0.05) is 18.3 Å². The molecule has 4 heterocycles. The molecule has 1 spiro atoms. The third kappa shape index (κ3) is 2.87. The number of carbonyl (C=O) groups is 3. The van der Waals surface area contributed by atoms with Gasteiger partial charge in [0.15, 0.2) is 16.1 Å². The molecule has 9 nitrogen and oxygen atoms in total. The van der Waals surface area contributed by atoms with E-state index in [1.54, 1.807) is 63.4 Å². The van der Waals surface area contributed by atoms with Crippen LogP contribution < -0.4 is 15.2 Å². The highest BCUT2D eigenvalue weighted by Gasteiger charge is 2.66. The molecule has 6 rings (SSSR count). The molecule has 0 saturated heterocycles. The average molecular weight is 516 g/mol. The molecule has 0 N–H and O–H groups in total. The summed E-state index contributed by atoms with van der Waals surface area (Å²) in [6, 6.07) is 12.1. The lowest BCUT2D eigenvalue weighted by Crippen LogP contribution is -2.53. The summed E-state index contributed by atoms with van der Waals surface area (Å²) in [5.41, 5.74) is 0.0852. The molecule has 186 valence electrons. The maximum Gasteiger partial charge on any atom is 0.350 e.